The van der Waals surface area contributed by atoms with E-state index < -0.39 is 0 Å². The van der Waals surface area contributed by atoms with E-state index in [1.807, 2.05) is 23.9 Å². The average Bonchev–Trinajstić information content (AvgIpc) is 3.24. The van der Waals surface area contributed by atoms with Crippen LogP contribution in [0.1, 0.15) is 18.4 Å². The second-order valence-electron chi connectivity index (χ2n) is 5.78. The van der Waals surface area contributed by atoms with Crippen LogP contribution in [-0.4, -0.2) is 37.6 Å². The molecular formula is C16H19N7. The number of aromatic nitrogens is 5. The Bertz CT molecular complexity index is 820. The first-order valence-corrected chi connectivity index (χ1v) is 7.87. The highest BCUT2D eigenvalue weighted by Gasteiger charge is 2.17. The standard InChI is InChI=1S/C16H19N7/c1-22-11-21-13-14(19-10-20-16(13)22)18-9-12-5-4-6-17-15(12)23-7-2-3-8-23/h4-6,10-11H,2-3,7-9H2,1H3,(H,18,19,20). The molecule has 7 heteroatoms. The van der Waals surface area contributed by atoms with Crippen molar-refractivity contribution in [2.45, 2.75) is 19.4 Å². The number of hydrogen-bond acceptors (Lipinski definition) is 6. The third-order valence-corrected chi connectivity index (χ3v) is 4.22. The maximum Gasteiger partial charge on any atom is 0.165 e. The van der Waals surface area contributed by atoms with E-state index in [-0.39, 0.29) is 0 Å². The van der Waals surface area contributed by atoms with Crippen LogP contribution in [0.4, 0.5) is 11.6 Å². The van der Waals surface area contributed by atoms with E-state index in [0.29, 0.717) is 6.54 Å². The predicted molar refractivity (Wildman–Crippen MR) is 89.3 cm³/mol. The van der Waals surface area contributed by atoms with Gasteiger partial charge in [-0.05, 0) is 18.9 Å². The first-order valence-electron chi connectivity index (χ1n) is 7.87. The van der Waals surface area contributed by atoms with Gasteiger partial charge in [-0.15, -0.1) is 0 Å². The van der Waals surface area contributed by atoms with Crippen molar-refractivity contribution in [1.29, 1.82) is 0 Å². The van der Waals surface area contributed by atoms with Gasteiger partial charge in [0, 0.05) is 38.4 Å². The van der Waals surface area contributed by atoms with Crippen molar-refractivity contribution in [3.8, 4) is 0 Å². The largest absolute Gasteiger partial charge is 0.364 e. The summed E-state index contributed by atoms with van der Waals surface area (Å²) in [4.78, 5) is 19.9. The molecule has 0 unspecified atom stereocenters. The van der Waals surface area contributed by atoms with Gasteiger partial charge in [0.05, 0.1) is 6.33 Å². The van der Waals surface area contributed by atoms with E-state index in [4.69, 9.17) is 0 Å². The molecule has 1 aliphatic heterocycles. The van der Waals surface area contributed by atoms with Gasteiger partial charge in [0.15, 0.2) is 11.5 Å². The minimum Gasteiger partial charge on any atom is -0.364 e. The molecule has 23 heavy (non-hydrogen) atoms. The molecule has 1 saturated heterocycles. The van der Waals surface area contributed by atoms with Crippen LogP contribution in [0, 0.1) is 0 Å². The molecule has 118 valence electrons. The normalized spacial score (nSPS) is 14.6. The molecule has 7 nitrogen and oxygen atoms in total. The maximum absolute atomic E-state index is 4.57. The van der Waals surface area contributed by atoms with Crippen LogP contribution in [0.2, 0.25) is 0 Å². The number of nitrogens with one attached hydrogen (secondary N) is 1. The molecule has 0 spiro atoms. The fourth-order valence-electron chi connectivity index (χ4n) is 3.04. The number of fused-ring (bicyclic) bond motifs is 1. The fraction of sp³-hybridized carbons (Fsp3) is 0.375. The molecule has 0 amide bonds. The van der Waals surface area contributed by atoms with Crippen molar-refractivity contribution < 1.29 is 0 Å². The van der Waals surface area contributed by atoms with Gasteiger partial charge in [0.25, 0.3) is 0 Å². The Labute approximate surface area is 134 Å². The van der Waals surface area contributed by atoms with Crippen LogP contribution >= 0.6 is 0 Å². The Kier molecular flexibility index (Phi) is 3.53. The Morgan fingerprint density at radius 1 is 1.13 bits per heavy atom. The zero-order valence-electron chi connectivity index (χ0n) is 13.1. The first-order chi connectivity index (χ1) is 11.3. The molecule has 4 rings (SSSR count). The van der Waals surface area contributed by atoms with Gasteiger partial charge in [0.1, 0.15) is 17.7 Å². The van der Waals surface area contributed by atoms with Crippen LogP contribution in [0.5, 0.6) is 0 Å². The Hall–Kier alpha value is -2.70. The lowest BCUT2D eigenvalue weighted by Crippen LogP contribution is -2.21. The summed E-state index contributed by atoms with van der Waals surface area (Å²) in [7, 11) is 1.93. The number of anilines is 2. The fourth-order valence-corrected chi connectivity index (χ4v) is 3.04. The lowest BCUT2D eigenvalue weighted by molar-refractivity contribution is 0.914. The molecule has 0 saturated carbocycles. The summed E-state index contributed by atoms with van der Waals surface area (Å²) in [5.74, 6) is 1.83. The number of aryl methyl sites for hydroxylation is 1. The summed E-state index contributed by atoms with van der Waals surface area (Å²) in [6.07, 6.45) is 7.66. The molecule has 1 aliphatic rings. The summed E-state index contributed by atoms with van der Waals surface area (Å²) in [6, 6.07) is 4.09. The maximum atomic E-state index is 4.57. The zero-order chi connectivity index (χ0) is 15.6. The van der Waals surface area contributed by atoms with E-state index >= 15 is 0 Å². The molecule has 3 aromatic rings. The highest BCUT2D eigenvalue weighted by molar-refractivity contribution is 5.82. The highest BCUT2D eigenvalue weighted by atomic mass is 15.2. The van der Waals surface area contributed by atoms with Crippen LogP contribution in [0.3, 0.4) is 0 Å². The third-order valence-electron chi connectivity index (χ3n) is 4.22. The number of pyridine rings is 1. The Morgan fingerprint density at radius 2 is 2.00 bits per heavy atom. The summed E-state index contributed by atoms with van der Waals surface area (Å²) in [5, 5.41) is 3.39. The number of imidazole rings is 1. The molecule has 0 aliphatic carbocycles. The van der Waals surface area contributed by atoms with Gasteiger partial charge in [-0.1, -0.05) is 6.07 Å². The molecule has 0 atom stereocenters. The Balaban J connectivity index is 1.59. The molecule has 0 aromatic carbocycles. The van der Waals surface area contributed by atoms with E-state index in [9.17, 15) is 0 Å². The lowest BCUT2D eigenvalue weighted by atomic mass is 10.2. The first kappa shape index (κ1) is 13.9. The minimum absolute atomic E-state index is 0.669. The Morgan fingerprint density at radius 3 is 2.87 bits per heavy atom. The van der Waals surface area contributed by atoms with Crippen LogP contribution < -0.4 is 10.2 Å². The third kappa shape index (κ3) is 2.58. The number of nitrogens with zero attached hydrogens (tertiary/aromatic N) is 6. The number of hydrogen-bond donors (Lipinski definition) is 1. The zero-order valence-corrected chi connectivity index (χ0v) is 13.1. The summed E-state index contributed by atoms with van der Waals surface area (Å²) < 4.78 is 1.89. The quantitative estimate of drug-likeness (QED) is 0.794. The van der Waals surface area contributed by atoms with E-state index in [1.165, 1.54) is 18.4 Å². The molecule has 0 radical (unpaired) electrons. The van der Waals surface area contributed by atoms with Gasteiger partial charge in [-0.25, -0.2) is 19.9 Å². The lowest BCUT2D eigenvalue weighted by Gasteiger charge is -2.20. The van der Waals surface area contributed by atoms with Crippen molar-refractivity contribution in [2.75, 3.05) is 23.3 Å². The average molecular weight is 309 g/mol. The SMILES string of the molecule is Cn1cnc2c(NCc3cccnc3N3CCCC3)ncnc21. The van der Waals surface area contributed by atoms with Gasteiger partial charge < -0.3 is 14.8 Å². The monoisotopic (exact) mass is 309 g/mol. The smallest absolute Gasteiger partial charge is 0.165 e. The van der Waals surface area contributed by atoms with Gasteiger partial charge >= 0.3 is 0 Å². The van der Waals surface area contributed by atoms with E-state index in [2.05, 4.69) is 36.2 Å². The van der Waals surface area contributed by atoms with Crippen molar-refractivity contribution in [3.05, 3.63) is 36.5 Å². The van der Waals surface area contributed by atoms with Crippen molar-refractivity contribution >= 4 is 22.8 Å². The summed E-state index contributed by atoms with van der Waals surface area (Å²) >= 11 is 0. The molecule has 1 N–H and O–H groups in total. The van der Waals surface area contributed by atoms with Gasteiger partial charge in [-0.2, -0.15) is 0 Å². The summed E-state index contributed by atoms with van der Waals surface area (Å²) in [5.41, 5.74) is 2.80. The van der Waals surface area contributed by atoms with Gasteiger partial charge in [0.2, 0.25) is 0 Å². The topological polar surface area (TPSA) is 71.8 Å². The molecule has 0 bridgehead atoms. The van der Waals surface area contributed by atoms with Crippen molar-refractivity contribution in [3.63, 3.8) is 0 Å². The van der Waals surface area contributed by atoms with Crippen molar-refractivity contribution in [2.24, 2.45) is 7.05 Å². The second kappa shape index (κ2) is 5.83. The van der Waals surface area contributed by atoms with E-state index in [1.54, 1.807) is 12.7 Å². The van der Waals surface area contributed by atoms with Crippen molar-refractivity contribution in [1.82, 2.24) is 24.5 Å². The number of rotatable bonds is 4. The second-order valence-corrected chi connectivity index (χ2v) is 5.78. The highest BCUT2D eigenvalue weighted by Crippen LogP contribution is 2.23. The predicted octanol–water partition coefficient (Wildman–Crippen LogP) is 1.97. The molecular weight excluding hydrogens is 290 g/mol. The van der Waals surface area contributed by atoms with Crippen LogP contribution in [0.15, 0.2) is 31.0 Å². The van der Waals surface area contributed by atoms with Gasteiger partial charge in [-0.3, -0.25) is 0 Å². The van der Waals surface area contributed by atoms with E-state index in [0.717, 1.165) is 35.9 Å². The molecule has 3 aromatic heterocycles. The van der Waals surface area contributed by atoms with Crippen LogP contribution in [-0.2, 0) is 13.6 Å². The minimum atomic E-state index is 0.669. The molecule has 1 fully saturated rings. The molecule has 4 heterocycles. The summed E-state index contributed by atoms with van der Waals surface area (Å²) in [6.45, 7) is 2.84. The van der Waals surface area contributed by atoms with Crippen LogP contribution in [0.25, 0.3) is 11.2 Å².